The first-order valence-electron chi connectivity index (χ1n) is 10.3. The predicted molar refractivity (Wildman–Crippen MR) is 120 cm³/mol. The van der Waals surface area contributed by atoms with Crippen LogP contribution < -0.4 is 10.2 Å². The SMILES string of the molecule is Cc1oc2cc(OCC(=O)N3CCC[C@H](C(=O)O)C3)ccc2c(=O)c1-c1ccc(Cl)cc1. The van der Waals surface area contributed by atoms with Crippen LogP contribution in [0.2, 0.25) is 5.02 Å². The molecule has 0 unspecified atom stereocenters. The van der Waals surface area contributed by atoms with Crippen molar-refractivity contribution >= 4 is 34.4 Å². The Labute approximate surface area is 189 Å². The van der Waals surface area contributed by atoms with Gasteiger partial charge in [-0.25, -0.2) is 0 Å². The third-order valence-corrected chi connectivity index (χ3v) is 5.91. The lowest BCUT2D eigenvalue weighted by Gasteiger charge is -2.30. The van der Waals surface area contributed by atoms with Gasteiger partial charge in [-0.1, -0.05) is 23.7 Å². The molecule has 8 heteroatoms. The Morgan fingerprint density at radius 3 is 2.69 bits per heavy atom. The minimum Gasteiger partial charge on any atom is -0.484 e. The number of likely N-dealkylation sites (tertiary alicyclic amines) is 1. The van der Waals surface area contributed by atoms with Crippen LogP contribution in [0.25, 0.3) is 22.1 Å². The molecule has 2 heterocycles. The molecule has 166 valence electrons. The zero-order chi connectivity index (χ0) is 22.8. The monoisotopic (exact) mass is 455 g/mol. The lowest BCUT2D eigenvalue weighted by molar-refractivity contribution is -0.146. The van der Waals surface area contributed by atoms with E-state index in [1.165, 1.54) is 4.90 Å². The number of hydrogen-bond acceptors (Lipinski definition) is 5. The number of fused-ring (bicyclic) bond motifs is 1. The van der Waals surface area contributed by atoms with E-state index < -0.39 is 11.9 Å². The highest BCUT2D eigenvalue weighted by molar-refractivity contribution is 6.30. The lowest BCUT2D eigenvalue weighted by Crippen LogP contribution is -2.44. The number of carbonyl (C=O) groups excluding carboxylic acids is 1. The Balaban J connectivity index is 1.52. The standard InChI is InChI=1S/C24H22ClNO6/c1-14-22(15-4-6-17(25)7-5-15)23(28)19-9-8-18(11-20(19)32-14)31-13-21(27)26-10-2-3-16(12-26)24(29)30/h4-9,11,16H,2-3,10,12-13H2,1H3,(H,29,30)/t16-/m0/s1. The van der Waals surface area contributed by atoms with Gasteiger partial charge in [-0.05, 0) is 49.6 Å². The van der Waals surface area contributed by atoms with Gasteiger partial charge in [0.2, 0.25) is 5.43 Å². The molecule has 4 rings (SSSR count). The molecule has 7 nitrogen and oxygen atoms in total. The Kier molecular flexibility index (Phi) is 6.19. The minimum atomic E-state index is -0.888. The summed E-state index contributed by atoms with van der Waals surface area (Å²) in [6.45, 7) is 2.21. The van der Waals surface area contributed by atoms with Crippen LogP contribution in [0.15, 0.2) is 51.7 Å². The maximum atomic E-state index is 13.1. The van der Waals surface area contributed by atoms with E-state index in [4.69, 9.17) is 20.8 Å². The maximum Gasteiger partial charge on any atom is 0.308 e. The first-order chi connectivity index (χ1) is 15.3. The number of aryl methyl sites for hydroxylation is 1. The van der Waals surface area contributed by atoms with E-state index >= 15 is 0 Å². The van der Waals surface area contributed by atoms with Crippen LogP contribution in [0.5, 0.6) is 5.75 Å². The summed E-state index contributed by atoms with van der Waals surface area (Å²) < 4.78 is 11.5. The average Bonchev–Trinajstić information content (AvgIpc) is 2.78. The summed E-state index contributed by atoms with van der Waals surface area (Å²) in [4.78, 5) is 38.2. The van der Waals surface area contributed by atoms with Crippen molar-refractivity contribution in [2.24, 2.45) is 5.92 Å². The second-order valence-electron chi connectivity index (χ2n) is 7.83. The smallest absolute Gasteiger partial charge is 0.308 e. The van der Waals surface area contributed by atoms with Crippen molar-refractivity contribution in [3.05, 3.63) is 63.5 Å². The molecule has 1 aliphatic heterocycles. The first-order valence-corrected chi connectivity index (χ1v) is 10.7. The number of benzene rings is 2. The van der Waals surface area contributed by atoms with Gasteiger partial charge < -0.3 is 19.2 Å². The molecular formula is C24H22ClNO6. The van der Waals surface area contributed by atoms with Crippen molar-refractivity contribution in [1.82, 2.24) is 4.90 Å². The minimum absolute atomic E-state index is 0.165. The van der Waals surface area contributed by atoms with Gasteiger partial charge >= 0.3 is 5.97 Å². The summed E-state index contributed by atoms with van der Waals surface area (Å²) in [5.74, 6) is -0.848. The number of nitrogens with zero attached hydrogens (tertiary/aromatic N) is 1. The van der Waals surface area contributed by atoms with Gasteiger partial charge in [0.1, 0.15) is 17.1 Å². The topological polar surface area (TPSA) is 97.1 Å². The van der Waals surface area contributed by atoms with Crippen LogP contribution in [0.1, 0.15) is 18.6 Å². The average molecular weight is 456 g/mol. The van der Waals surface area contributed by atoms with E-state index in [1.54, 1.807) is 49.4 Å². The third-order valence-electron chi connectivity index (χ3n) is 5.66. The molecule has 0 bridgehead atoms. The van der Waals surface area contributed by atoms with Gasteiger partial charge in [-0.2, -0.15) is 0 Å². The second-order valence-corrected chi connectivity index (χ2v) is 8.27. The summed E-state index contributed by atoms with van der Waals surface area (Å²) in [5, 5.41) is 10.2. The second kappa shape index (κ2) is 9.04. The highest BCUT2D eigenvalue weighted by atomic mass is 35.5. The van der Waals surface area contributed by atoms with Crippen molar-refractivity contribution in [2.75, 3.05) is 19.7 Å². The fourth-order valence-corrected chi connectivity index (χ4v) is 4.09. The van der Waals surface area contributed by atoms with Gasteiger partial charge in [0.05, 0.1) is 16.9 Å². The number of ether oxygens (including phenoxy) is 1. The molecule has 1 saturated heterocycles. The summed E-state index contributed by atoms with van der Waals surface area (Å²) in [6.07, 6.45) is 1.22. The zero-order valence-electron chi connectivity index (χ0n) is 17.5. The van der Waals surface area contributed by atoms with Crippen LogP contribution in [0.4, 0.5) is 0 Å². The number of carboxylic acid groups (broad SMARTS) is 1. The number of rotatable bonds is 5. The van der Waals surface area contributed by atoms with Gasteiger partial charge in [0.15, 0.2) is 6.61 Å². The highest BCUT2D eigenvalue weighted by Crippen LogP contribution is 2.27. The molecule has 3 aromatic rings. The van der Waals surface area contributed by atoms with Crippen LogP contribution in [-0.4, -0.2) is 41.6 Å². The molecule has 2 aromatic carbocycles. The van der Waals surface area contributed by atoms with Gasteiger partial charge in [0.25, 0.3) is 5.91 Å². The Morgan fingerprint density at radius 1 is 1.22 bits per heavy atom. The molecule has 0 spiro atoms. The fourth-order valence-electron chi connectivity index (χ4n) is 3.97. The largest absolute Gasteiger partial charge is 0.484 e. The van der Waals surface area contributed by atoms with E-state index in [0.717, 1.165) is 5.56 Å². The molecule has 1 aliphatic rings. The van der Waals surface area contributed by atoms with E-state index in [9.17, 15) is 19.5 Å². The van der Waals surface area contributed by atoms with Crippen LogP contribution in [0.3, 0.4) is 0 Å². The summed E-state index contributed by atoms with van der Waals surface area (Å²) in [7, 11) is 0. The molecule has 1 N–H and O–H groups in total. The van der Waals surface area contributed by atoms with E-state index in [-0.39, 0.29) is 24.5 Å². The van der Waals surface area contributed by atoms with Crippen LogP contribution in [0, 0.1) is 12.8 Å². The number of aliphatic carboxylic acids is 1. The molecule has 1 fully saturated rings. The summed E-state index contributed by atoms with van der Waals surface area (Å²) in [5.41, 5.74) is 1.38. The molecule has 1 aromatic heterocycles. The van der Waals surface area contributed by atoms with Crippen molar-refractivity contribution < 1.29 is 23.8 Å². The highest BCUT2D eigenvalue weighted by Gasteiger charge is 2.28. The number of carboxylic acids is 1. The number of piperidine rings is 1. The molecular weight excluding hydrogens is 434 g/mol. The van der Waals surface area contributed by atoms with Crippen molar-refractivity contribution in [3.63, 3.8) is 0 Å². The van der Waals surface area contributed by atoms with Crippen LogP contribution in [-0.2, 0) is 9.59 Å². The van der Waals surface area contributed by atoms with E-state index in [2.05, 4.69) is 0 Å². The van der Waals surface area contributed by atoms with Crippen molar-refractivity contribution in [2.45, 2.75) is 19.8 Å². The van der Waals surface area contributed by atoms with Crippen LogP contribution >= 0.6 is 11.6 Å². The molecule has 1 atom stereocenters. The van der Waals surface area contributed by atoms with Crippen molar-refractivity contribution in [1.29, 1.82) is 0 Å². The molecule has 0 aliphatic carbocycles. The van der Waals surface area contributed by atoms with Gasteiger partial charge in [0, 0.05) is 24.2 Å². The Morgan fingerprint density at radius 2 is 1.97 bits per heavy atom. The molecule has 0 radical (unpaired) electrons. The number of hydrogen-bond donors (Lipinski definition) is 1. The quantitative estimate of drug-likeness (QED) is 0.621. The van der Waals surface area contributed by atoms with Crippen molar-refractivity contribution in [3.8, 4) is 16.9 Å². The number of amides is 1. The molecule has 1 amide bonds. The van der Waals surface area contributed by atoms with E-state index in [1.807, 2.05) is 0 Å². The lowest BCUT2D eigenvalue weighted by atomic mass is 9.98. The fraction of sp³-hybridized carbons (Fsp3) is 0.292. The number of carbonyl (C=O) groups is 2. The van der Waals surface area contributed by atoms with Gasteiger partial charge in [-0.15, -0.1) is 0 Å². The predicted octanol–water partition coefficient (Wildman–Crippen LogP) is 4.12. The summed E-state index contributed by atoms with van der Waals surface area (Å²) >= 11 is 5.95. The zero-order valence-corrected chi connectivity index (χ0v) is 18.2. The molecule has 0 saturated carbocycles. The Bertz CT molecular complexity index is 1230. The normalized spacial score (nSPS) is 16.2. The number of halogens is 1. The van der Waals surface area contributed by atoms with Gasteiger partial charge in [-0.3, -0.25) is 14.4 Å². The summed E-state index contributed by atoms with van der Waals surface area (Å²) in [6, 6.07) is 11.8. The van der Waals surface area contributed by atoms with E-state index in [0.29, 0.717) is 52.5 Å². The first kappa shape index (κ1) is 21.9. The Hall–Kier alpha value is -3.32. The maximum absolute atomic E-state index is 13.1. The molecule has 32 heavy (non-hydrogen) atoms. The third kappa shape index (κ3) is 4.48.